The van der Waals surface area contributed by atoms with Gasteiger partial charge in [-0.1, -0.05) is 6.92 Å². The van der Waals surface area contributed by atoms with Crippen LogP contribution in [0.25, 0.3) is 0 Å². The van der Waals surface area contributed by atoms with E-state index in [1.165, 1.54) is 4.88 Å². The van der Waals surface area contributed by atoms with Gasteiger partial charge in [-0.15, -0.1) is 11.3 Å². The van der Waals surface area contributed by atoms with E-state index >= 15 is 0 Å². The van der Waals surface area contributed by atoms with Crippen molar-refractivity contribution in [2.24, 2.45) is 0 Å². The maximum absolute atomic E-state index is 5.12. The summed E-state index contributed by atoms with van der Waals surface area (Å²) in [6, 6.07) is 0. The molecular weight excluding hydrogens is 212 g/mol. The van der Waals surface area contributed by atoms with Gasteiger partial charge in [0, 0.05) is 25.6 Å². The summed E-state index contributed by atoms with van der Waals surface area (Å²) in [5.41, 5.74) is 1.02. The lowest BCUT2D eigenvalue weighted by molar-refractivity contribution is 0.176. The lowest BCUT2D eigenvalue weighted by Gasteiger charge is -2.00. The van der Waals surface area contributed by atoms with Crippen LogP contribution >= 0.6 is 11.3 Å². The molecule has 0 aliphatic carbocycles. The number of ether oxygens (including phenoxy) is 2. The molecule has 0 amide bonds. The van der Waals surface area contributed by atoms with Crippen molar-refractivity contribution in [3.05, 3.63) is 15.6 Å². The topological polar surface area (TPSA) is 43.4 Å². The third-order valence-corrected chi connectivity index (χ3v) is 2.98. The highest BCUT2D eigenvalue weighted by atomic mass is 32.1. The number of nitrogens with one attached hydrogen (secondary N) is 1. The van der Waals surface area contributed by atoms with Gasteiger partial charge in [0.25, 0.3) is 0 Å². The van der Waals surface area contributed by atoms with Crippen molar-refractivity contribution in [3.8, 4) is 0 Å². The summed E-state index contributed by atoms with van der Waals surface area (Å²) < 4.78 is 10.2. The summed E-state index contributed by atoms with van der Waals surface area (Å²) >= 11 is 1.69. The molecular formula is C10H18N2O2S. The summed E-state index contributed by atoms with van der Waals surface area (Å²) in [5, 5.41) is 4.30. The van der Waals surface area contributed by atoms with Crippen LogP contribution in [0.15, 0.2) is 0 Å². The number of hydrogen-bond acceptors (Lipinski definition) is 5. The zero-order valence-corrected chi connectivity index (χ0v) is 10.3. The number of aromatic nitrogens is 1. The molecule has 0 fully saturated rings. The predicted octanol–water partition coefficient (Wildman–Crippen LogP) is 1.55. The molecule has 5 heteroatoms. The fourth-order valence-corrected chi connectivity index (χ4v) is 2.26. The maximum Gasteiger partial charge on any atom is 0.119 e. The van der Waals surface area contributed by atoms with Crippen LogP contribution in [0.2, 0.25) is 0 Å². The Hall–Kier alpha value is -0.490. The van der Waals surface area contributed by atoms with Gasteiger partial charge in [-0.05, 0) is 6.54 Å². The minimum absolute atomic E-state index is 0.570. The highest BCUT2D eigenvalue weighted by Gasteiger charge is 2.10. The first kappa shape index (κ1) is 12.6. The van der Waals surface area contributed by atoms with Crippen molar-refractivity contribution in [1.29, 1.82) is 0 Å². The molecule has 0 unspecified atom stereocenters. The highest BCUT2D eigenvalue weighted by molar-refractivity contribution is 7.11. The van der Waals surface area contributed by atoms with E-state index in [-0.39, 0.29) is 0 Å². The first-order valence-electron chi connectivity index (χ1n) is 4.97. The van der Waals surface area contributed by atoms with E-state index < -0.39 is 0 Å². The monoisotopic (exact) mass is 230 g/mol. The van der Waals surface area contributed by atoms with Crippen LogP contribution in [0.3, 0.4) is 0 Å². The minimum atomic E-state index is 0.570. The summed E-state index contributed by atoms with van der Waals surface area (Å²) in [5.74, 6) is 0. The number of thiazole rings is 1. The fraction of sp³-hybridized carbons (Fsp3) is 0.700. The molecule has 0 aliphatic heterocycles. The quantitative estimate of drug-likeness (QED) is 0.771. The summed E-state index contributed by atoms with van der Waals surface area (Å²) in [6.07, 6.45) is 0. The van der Waals surface area contributed by atoms with Gasteiger partial charge in [-0.2, -0.15) is 0 Å². The predicted molar refractivity (Wildman–Crippen MR) is 60.9 cm³/mol. The number of methoxy groups -OCH3 is 2. The molecule has 0 aliphatic rings. The van der Waals surface area contributed by atoms with Gasteiger partial charge in [-0.25, -0.2) is 4.98 Å². The molecule has 0 atom stereocenters. The molecule has 1 N–H and O–H groups in total. The third kappa shape index (κ3) is 3.87. The van der Waals surface area contributed by atoms with Crippen molar-refractivity contribution in [2.45, 2.75) is 26.7 Å². The van der Waals surface area contributed by atoms with Gasteiger partial charge in [0.1, 0.15) is 5.01 Å². The molecule has 0 spiro atoms. The first-order valence-corrected chi connectivity index (χ1v) is 5.79. The lowest BCUT2D eigenvalue weighted by Crippen LogP contribution is -2.12. The molecule has 1 rings (SSSR count). The Morgan fingerprint density at radius 1 is 1.27 bits per heavy atom. The van der Waals surface area contributed by atoms with E-state index in [0.29, 0.717) is 13.2 Å². The Labute approximate surface area is 94.6 Å². The Morgan fingerprint density at radius 2 is 2.00 bits per heavy atom. The van der Waals surface area contributed by atoms with E-state index in [1.807, 2.05) is 0 Å². The minimum Gasteiger partial charge on any atom is -0.378 e. The van der Waals surface area contributed by atoms with E-state index in [9.17, 15) is 0 Å². The molecule has 0 aromatic carbocycles. The Bertz CT molecular complexity index is 289. The van der Waals surface area contributed by atoms with Gasteiger partial charge < -0.3 is 14.8 Å². The molecule has 1 heterocycles. The molecule has 1 aromatic rings. The van der Waals surface area contributed by atoms with E-state index in [1.54, 1.807) is 25.6 Å². The molecule has 15 heavy (non-hydrogen) atoms. The third-order valence-electron chi connectivity index (χ3n) is 1.91. The maximum atomic E-state index is 5.12. The van der Waals surface area contributed by atoms with E-state index in [0.717, 1.165) is 23.8 Å². The van der Waals surface area contributed by atoms with Crippen LogP contribution in [0.5, 0.6) is 0 Å². The van der Waals surface area contributed by atoms with Crippen molar-refractivity contribution >= 4 is 11.3 Å². The Morgan fingerprint density at radius 3 is 2.60 bits per heavy atom. The summed E-state index contributed by atoms with van der Waals surface area (Å²) in [4.78, 5) is 5.71. The van der Waals surface area contributed by atoms with Crippen molar-refractivity contribution in [3.63, 3.8) is 0 Å². The zero-order valence-electron chi connectivity index (χ0n) is 9.50. The molecule has 0 radical (unpaired) electrons. The number of nitrogens with zero attached hydrogens (tertiary/aromatic N) is 1. The largest absolute Gasteiger partial charge is 0.378 e. The normalized spacial score (nSPS) is 10.9. The zero-order chi connectivity index (χ0) is 11.1. The second-order valence-electron chi connectivity index (χ2n) is 3.12. The van der Waals surface area contributed by atoms with Crippen LogP contribution in [0, 0.1) is 0 Å². The van der Waals surface area contributed by atoms with Crippen LogP contribution in [-0.4, -0.2) is 25.7 Å². The van der Waals surface area contributed by atoms with Gasteiger partial charge in [0.05, 0.1) is 18.9 Å². The average Bonchev–Trinajstić information content (AvgIpc) is 2.59. The molecule has 86 valence electrons. The fourth-order valence-electron chi connectivity index (χ4n) is 1.25. The van der Waals surface area contributed by atoms with Crippen LogP contribution in [0.1, 0.15) is 22.5 Å². The molecule has 0 saturated heterocycles. The van der Waals surface area contributed by atoms with Crippen LogP contribution < -0.4 is 5.32 Å². The molecule has 1 aromatic heterocycles. The standard InChI is InChI=1S/C10H18N2O2S/c1-4-11-5-9-8(6-13-2)12-10(15-9)7-14-3/h11H,4-7H2,1-3H3. The molecule has 0 saturated carbocycles. The van der Waals surface area contributed by atoms with Crippen LogP contribution in [-0.2, 0) is 29.2 Å². The Balaban J connectivity index is 2.70. The van der Waals surface area contributed by atoms with Gasteiger partial charge in [-0.3, -0.25) is 0 Å². The molecule has 0 bridgehead atoms. The lowest BCUT2D eigenvalue weighted by atomic mass is 10.3. The SMILES string of the molecule is CCNCc1sc(COC)nc1COC. The summed E-state index contributed by atoms with van der Waals surface area (Å²) in [7, 11) is 3.37. The van der Waals surface area contributed by atoms with E-state index in [2.05, 4.69) is 17.2 Å². The molecule has 4 nitrogen and oxygen atoms in total. The second kappa shape index (κ2) is 6.90. The van der Waals surface area contributed by atoms with Gasteiger partial charge in [0.2, 0.25) is 0 Å². The summed E-state index contributed by atoms with van der Waals surface area (Å²) in [6.45, 7) is 5.06. The first-order chi connectivity index (χ1) is 7.31. The number of hydrogen-bond donors (Lipinski definition) is 1. The van der Waals surface area contributed by atoms with Crippen molar-refractivity contribution < 1.29 is 9.47 Å². The second-order valence-corrected chi connectivity index (χ2v) is 4.29. The van der Waals surface area contributed by atoms with Crippen molar-refractivity contribution in [2.75, 3.05) is 20.8 Å². The van der Waals surface area contributed by atoms with Gasteiger partial charge in [0.15, 0.2) is 0 Å². The van der Waals surface area contributed by atoms with Crippen molar-refractivity contribution in [1.82, 2.24) is 10.3 Å². The highest BCUT2D eigenvalue weighted by Crippen LogP contribution is 2.19. The number of rotatable bonds is 7. The van der Waals surface area contributed by atoms with Gasteiger partial charge >= 0.3 is 0 Å². The van der Waals surface area contributed by atoms with E-state index in [4.69, 9.17) is 9.47 Å². The van der Waals surface area contributed by atoms with Crippen LogP contribution in [0.4, 0.5) is 0 Å². The smallest absolute Gasteiger partial charge is 0.119 e. The Kier molecular flexibility index (Phi) is 5.78. The average molecular weight is 230 g/mol.